The van der Waals surface area contributed by atoms with Crippen molar-refractivity contribution in [2.24, 2.45) is 11.8 Å². The Morgan fingerprint density at radius 2 is 2.14 bits per heavy atom. The number of rotatable bonds is 3. The van der Waals surface area contributed by atoms with Crippen molar-refractivity contribution in [3.8, 4) is 0 Å². The molecular formula is C11H20N2O. The molecule has 3 nitrogen and oxygen atoms in total. The topological polar surface area (TPSA) is 41.1 Å². The van der Waals surface area contributed by atoms with E-state index in [-0.39, 0.29) is 11.9 Å². The fraction of sp³-hybridized carbons (Fsp3) is 0.909. The first-order valence-electron chi connectivity index (χ1n) is 5.70. The SMILES string of the molecule is CC(C)C[C@@H]1NC[C@H](C2CC2)NC1=O. The summed E-state index contributed by atoms with van der Waals surface area (Å²) in [5, 5.41) is 6.49. The van der Waals surface area contributed by atoms with E-state index < -0.39 is 0 Å². The molecule has 2 aliphatic rings. The minimum absolute atomic E-state index is 0.0463. The lowest BCUT2D eigenvalue weighted by Crippen LogP contribution is -2.59. The van der Waals surface area contributed by atoms with Crippen LogP contribution in [0.1, 0.15) is 33.1 Å². The van der Waals surface area contributed by atoms with E-state index in [2.05, 4.69) is 24.5 Å². The molecule has 2 fully saturated rings. The molecule has 1 aliphatic heterocycles. The third-order valence-corrected chi connectivity index (χ3v) is 3.13. The summed E-state index contributed by atoms with van der Waals surface area (Å²) in [7, 11) is 0. The van der Waals surface area contributed by atoms with Crippen LogP contribution in [0, 0.1) is 11.8 Å². The van der Waals surface area contributed by atoms with Gasteiger partial charge in [0.05, 0.1) is 6.04 Å². The number of amides is 1. The van der Waals surface area contributed by atoms with Crippen molar-refractivity contribution in [1.82, 2.24) is 10.6 Å². The summed E-state index contributed by atoms with van der Waals surface area (Å²) >= 11 is 0. The molecule has 80 valence electrons. The molecule has 3 heteroatoms. The third-order valence-electron chi connectivity index (χ3n) is 3.13. The zero-order chi connectivity index (χ0) is 10.1. The summed E-state index contributed by atoms with van der Waals surface area (Å²) in [5.74, 6) is 1.55. The van der Waals surface area contributed by atoms with Gasteiger partial charge in [0.1, 0.15) is 0 Å². The summed E-state index contributed by atoms with van der Waals surface area (Å²) in [6.45, 7) is 5.28. The lowest BCUT2D eigenvalue weighted by molar-refractivity contribution is -0.126. The average molecular weight is 196 g/mol. The van der Waals surface area contributed by atoms with E-state index in [4.69, 9.17) is 0 Å². The van der Waals surface area contributed by atoms with Crippen LogP contribution in [-0.2, 0) is 4.79 Å². The summed E-state index contributed by atoms with van der Waals surface area (Å²) < 4.78 is 0. The molecule has 1 heterocycles. The molecule has 1 amide bonds. The molecule has 0 aromatic rings. The van der Waals surface area contributed by atoms with E-state index in [1.54, 1.807) is 0 Å². The van der Waals surface area contributed by atoms with Crippen LogP contribution in [-0.4, -0.2) is 24.5 Å². The number of carbonyl (C=O) groups is 1. The van der Waals surface area contributed by atoms with E-state index >= 15 is 0 Å². The van der Waals surface area contributed by atoms with E-state index in [1.165, 1.54) is 12.8 Å². The Morgan fingerprint density at radius 1 is 1.43 bits per heavy atom. The maximum absolute atomic E-state index is 11.7. The second-order valence-corrected chi connectivity index (χ2v) is 5.04. The van der Waals surface area contributed by atoms with Gasteiger partial charge in [0.15, 0.2) is 0 Å². The van der Waals surface area contributed by atoms with Gasteiger partial charge in [0, 0.05) is 12.6 Å². The number of nitrogens with one attached hydrogen (secondary N) is 2. The molecule has 0 radical (unpaired) electrons. The van der Waals surface area contributed by atoms with Crippen molar-refractivity contribution in [2.75, 3.05) is 6.54 Å². The highest BCUT2D eigenvalue weighted by Crippen LogP contribution is 2.33. The zero-order valence-electron chi connectivity index (χ0n) is 9.05. The van der Waals surface area contributed by atoms with Crippen molar-refractivity contribution >= 4 is 5.91 Å². The van der Waals surface area contributed by atoms with Gasteiger partial charge in [-0.2, -0.15) is 0 Å². The normalized spacial score (nSPS) is 33.2. The molecule has 14 heavy (non-hydrogen) atoms. The molecule has 2 atom stereocenters. The maximum Gasteiger partial charge on any atom is 0.237 e. The van der Waals surface area contributed by atoms with Crippen LogP contribution >= 0.6 is 0 Å². The van der Waals surface area contributed by atoms with Crippen LogP contribution in [0.25, 0.3) is 0 Å². The van der Waals surface area contributed by atoms with Crippen molar-refractivity contribution in [2.45, 2.75) is 45.2 Å². The molecule has 1 saturated carbocycles. The van der Waals surface area contributed by atoms with Crippen molar-refractivity contribution in [3.05, 3.63) is 0 Å². The van der Waals surface area contributed by atoms with E-state index in [0.717, 1.165) is 18.9 Å². The summed E-state index contributed by atoms with van der Waals surface area (Å²) in [5.41, 5.74) is 0. The van der Waals surface area contributed by atoms with Gasteiger partial charge in [-0.25, -0.2) is 0 Å². The number of hydrogen-bond donors (Lipinski definition) is 2. The smallest absolute Gasteiger partial charge is 0.237 e. The second-order valence-electron chi connectivity index (χ2n) is 5.04. The number of piperazine rings is 1. The molecule has 2 rings (SSSR count). The average Bonchev–Trinajstić information content (AvgIpc) is 2.90. The molecule has 0 spiro atoms. The minimum atomic E-state index is 0.0463. The Hall–Kier alpha value is -0.570. The predicted molar refractivity (Wildman–Crippen MR) is 55.9 cm³/mol. The minimum Gasteiger partial charge on any atom is -0.350 e. The molecule has 2 N–H and O–H groups in total. The summed E-state index contributed by atoms with van der Waals surface area (Å²) in [6, 6.07) is 0.455. The van der Waals surface area contributed by atoms with Gasteiger partial charge in [0.2, 0.25) is 5.91 Å². The zero-order valence-corrected chi connectivity index (χ0v) is 9.05. The lowest BCUT2D eigenvalue weighted by atomic mass is 9.99. The van der Waals surface area contributed by atoms with Gasteiger partial charge in [-0.3, -0.25) is 4.79 Å². The highest BCUT2D eigenvalue weighted by Gasteiger charge is 2.36. The lowest BCUT2D eigenvalue weighted by Gasteiger charge is -2.31. The van der Waals surface area contributed by atoms with Crippen LogP contribution in [0.5, 0.6) is 0 Å². The fourth-order valence-electron chi connectivity index (χ4n) is 2.14. The van der Waals surface area contributed by atoms with Crippen LogP contribution in [0.15, 0.2) is 0 Å². The Balaban J connectivity index is 1.83. The van der Waals surface area contributed by atoms with Crippen LogP contribution in [0.2, 0.25) is 0 Å². The van der Waals surface area contributed by atoms with Gasteiger partial charge in [-0.05, 0) is 31.1 Å². The largest absolute Gasteiger partial charge is 0.350 e. The van der Waals surface area contributed by atoms with Crippen LogP contribution < -0.4 is 10.6 Å². The van der Waals surface area contributed by atoms with Gasteiger partial charge >= 0.3 is 0 Å². The van der Waals surface area contributed by atoms with Gasteiger partial charge in [-0.1, -0.05) is 13.8 Å². The third kappa shape index (κ3) is 2.27. The Morgan fingerprint density at radius 3 is 2.64 bits per heavy atom. The summed E-state index contributed by atoms with van der Waals surface area (Å²) in [4.78, 5) is 11.7. The standard InChI is InChI=1S/C11H20N2O/c1-7(2)5-9-11(14)13-10(6-12-9)8-3-4-8/h7-10,12H,3-6H2,1-2H3,(H,13,14)/t9-,10+/m0/s1. The van der Waals surface area contributed by atoms with Gasteiger partial charge < -0.3 is 10.6 Å². The predicted octanol–water partition coefficient (Wildman–Crippen LogP) is 0.899. The van der Waals surface area contributed by atoms with E-state index in [9.17, 15) is 4.79 Å². The van der Waals surface area contributed by atoms with Gasteiger partial charge in [0.25, 0.3) is 0 Å². The Kier molecular flexibility index (Phi) is 2.77. The molecule has 1 saturated heterocycles. The monoisotopic (exact) mass is 196 g/mol. The highest BCUT2D eigenvalue weighted by atomic mass is 16.2. The Bertz CT molecular complexity index is 223. The molecule has 0 bridgehead atoms. The van der Waals surface area contributed by atoms with E-state index in [1.807, 2.05) is 0 Å². The number of hydrogen-bond acceptors (Lipinski definition) is 2. The Labute approximate surface area is 85.6 Å². The first-order valence-corrected chi connectivity index (χ1v) is 5.70. The fourth-order valence-corrected chi connectivity index (χ4v) is 2.14. The van der Waals surface area contributed by atoms with Crippen molar-refractivity contribution in [1.29, 1.82) is 0 Å². The molecule has 0 aromatic heterocycles. The molecular weight excluding hydrogens is 176 g/mol. The molecule has 1 aliphatic carbocycles. The first kappa shape index (κ1) is 9.97. The van der Waals surface area contributed by atoms with E-state index in [0.29, 0.717) is 12.0 Å². The molecule has 0 aromatic carbocycles. The summed E-state index contributed by atoms with van der Waals surface area (Å²) in [6.07, 6.45) is 3.53. The quantitative estimate of drug-likeness (QED) is 0.704. The highest BCUT2D eigenvalue weighted by molar-refractivity contribution is 5.82. The van der Waals surface area contributed by atoms with Crippen molar-refractivity contribution in [3.63, 3.8) is 0 Å². The molecule has 0 unspecified atom stereocenters. The van der Waals surface area contributed by atoms with Gasteiger partial charge in [-0.15, -0.1) is 0 Å². The first-order chi connectivity index (χ1) is 6.66. The van der Waals surface area contributed by atoms with Crippen molar-refractivity contribution < 1.29 is 4.79 Å². The maximum atomic E-state index is 11.7. The van der Waals surface area contributed by atoms with Crippen LogP contribution in [0.3, 0.4) is 0 Å². The number of carbonyl (C=O) groups excluding carboxylic acids is 1. The second kappa shape index (κ2) is 3.89. The van der Waals surface area contributed by atoms with Crippen LogP contribution in [0.4, 0.5) is 0 Å².